The number of carbonyl (C=O) groups excluding carboxylic acids is 1. The van der Waals surface area contributed by atoms with Crippen molar-refractivity contribution in [2.45, 2.75) is 6.92 Å². The van der Waals surface area contributed by atoms with Crippen LogP contribution in [0.2, 0.25) is 0 Å². The standard InChI is InChI=1S/C15H14N2O4/c1-9-8-12(14(16-9)15(20)21)17-13(19)7-4-10-2-5-11(18)6-3-10/h2-8,16,18H,1H3,(H,17,19)(H,20,21)/b7-4+. The Morgan fingerprint density at radius 2 is 1.90 bits per heavy atom. The van der Waals surface area contributed by atoms with Crippen LogP contribution in [0.5, 0.6) is 5.75 Å². The van der Waals surface area contributed by atoms with Crippen molar-refractivity contribution >= 4 is 23.6 Å². The van der Waals surface area contributed by atoms with E-state index in [1.54, 1.807) is 31.2 Å². The fourth-order valence-electron chi connectivity index (χ4n) is 1.79. The number of aryl methyl sites for hydroxylation is 1. The summed E-state index contributed by atoms with van der Waals surface area (Å²) in [4.78, 5) is 25.4. The van der Waals surface area contributed by atoms with Crippen molar-refractivity contribution in [1.29, 1.82) is 0 Å². The van der Waals surface area contributed by atoms with Gasteiger partial charge in [0, 0.05) is 11.8 Å². The first kappa shape index (κ1) is 14.4. The lowest BCUT2D eigenvalue weighted by Gasteiger charge is -2.00. The molecule has 4 N–H and O–H groups in total. The van der Waals surface area contributed by atoms with E-state index in [9.17, 15) is 9.59 Å². The summed E-state index contributed by atoms with van der Waals surface area (Å²) < 4.78 is 0. The Hall–Kier alpha value is -3.02. The predicted molar refractivity (Wildman–Crippen MR) is 78.3 cm³/mol. The number of amides is 1. The van der Waals surface area contributed by atoms with E-state index in [2.05, 4.69) is 10.3 Å². The Morgan fingerprint density at radius 3 is 2.52 bits per heavy atom. The Labute approximate surface area is 120 Å². The van der Waals surface area contributed by atoms with Crippen LogP contribution in [-0.2, 0) is 4.79 Å². The monoisotopic (exact) mass is 286 g/mol. The highest BCUT2D eigenvalue weighted by Gasteiger charge is 2.14. The number of aromatic carboxylic acids is 1. The van der Waals surface area contributed by atoms with Crippen molar-refractivity contribution in [3.05, 3.63) is 53.4 Å². The molecule has 2 rings (SSSR count). The molecule has 108 valence electrons. The fourth-order valence-corrected chi connectivity index (χ4v) is 1.79. The van der Waals surface area contributed by atoms with Crippen LogP contribution in [0.3, 0.4) is 0 Å². The Balaban J connectivity index is 2.08. The van der Waals surface area contributed by atoms with Crippen LogP contribution >= 0.6 is 0 Å². The van der Waals surface area contributed by atoms with Crippen LogP contribution in [0.25, 0.3) is 6.08 Å². The normalized spacial score (nSPS) is 10.7. The molecule has 0 radical (unpaired) electrons. The second-order valence-electron chi connectivity index (χ2n) is 4.46. The molecule has 21 heavy (non-hydrogen) atoms. The first-order chi connectivity index (χ1) is 9.95. The van der Waals surface area contributed by atoms with E-state index in [1.807, 2.05) is 0 Å². The maximum atomic E-state index is 11.8. The minimum absolute atomic E-state index is 0.0566. The molecule has 0 aliphatic heterocycles. The molecular formula is C15H14N2O4. The van der Waals surface area contributed by atoms with Gasteiger partial charge in [-0.05, 0) is 36.8 Å². The Kier molecular flexibility index (Phi) is 4.08. The zero-order valence-corrected chi connectivity index (χ0v) is 11.3. The molecule has 6 nitrogen and oxygen atoms in total. The van der Waals surface area contributed by atoms with Gasteiger partial charge in [-0.1, -0.05) is 12.1 Å². The van der Waals surface area contributed by atoms with E-state index < -0.39 is 11.9 Å². The molecule has 0 aliphatic carbocycles. The number of aromatic nitrogens is 1. The molecule has 0 spiro atoms. The van der Waals surface area contributed by atoms with Crippen LogP contribution in [0, 0.1) is 6.92 Å². The summed E-state index contributed by atoms with van der Waals surface area (Å²) in [6, 6.07) is 7.88. The van der Waals surface area contributed by atoms with Crippen molar-refractivity contribution in [1.82, 2.24) is 4.98 Å². The smallest absolute Gasteiger partial charge is 0.354 e. The van der Waals surface area contributed by atoms with Crippen LogP contribution in [0.15, 0.2) is 36.4 Å². The molecule has 1 aromatic carbocycles. The number of aromatic hydroxyl groups is 1. The molecule has 0 saturated heterocycles. The predicted octanol–water partition coefficient (Wildman–Crippen LogP) is 2.38. The van der Waals surface area contributed by atoms with E-state index in [0.717, 1.165) is 5.56 Å². The average molecular weight is 286 g/mol. The van der Waals surface area contributed by atoms with Gasteiger partial charge in [-0.3, -0.25) is 4.79 Å². The molecule has 1 aromatic heterocycles. The molecule has 1 heterocycles. The summed E-state index contributed by atoms with van der Waals surface area (Å²) in [6.45, 7) is 1.70. The lowest BCUT2D eigenvalue weighted by atomic mass is 10.2. The molecule has 0 saturated carbocycles. The molecular weight excluding hydrogens is 272 g/mol. The summed E-state index contributed by atoms with van der Waals surface area (Å²) in [6.07, 6.45) is 2.86. The Morgan fingerprint density at radius 1 is 1.24 bits per heavy atom. The minimum Gasteiger partial charge on any atom is -0.508 e. The third-order valence-corrected chi connectivity index (χ3v) is 2.74. The zero-order valence-electron chi connectivity index (χ0n) is 11.3. The van der Waals surface area contributed by atoms with Crippen LogP contribution in [-0.4, -0.2) is 27.1 Å². The average Bonchev–Trinajstić information content (AvgIpc) is 2.79. The number of H-pyrrole nitrogens is 1. The Bertz CT molecular complexity index is 699. The molecule has 0 aliphatic rings. The third kappa shape index (κ3) is 3.73. The number of aromatic amines is 1. The van der Waals surface area contributed by atoms with Gasteiger partial charge in [0.05, 0.1) is 5.69 Å². The van der Waals surface area contributed by atoms with Crippen molar-refractivity contribution in [3.8, 4) is 5.75 Å². The molecule has 0 unspecified atom stereocenters. The number of carboxylic acid groups (broad SMARTS) is 1. The van der Waals surface area contributed by atoms with Gasteiger partial charge in [-0.15, -0.1) is 0 Å². The molecule has 2 aromatic rings. The number of hydrogen-bond acceptors (Lipinski definition) is 3. The number of rotatable bonds is 4. The topological polar surface area (TPSA) is 102 Å². The van der Waals surface area contributed by atoms with E-state index >= 15 is 0 Å². The number of carboxylic acids is 1. The number of hydrogen-bond donors (Lipinski definition) is 4. The second kappa shape index (κ2) is 5.96. The number of anilines is 1. The fraction of sp³-hybridized carbons (Fsp3) is 0.0667. The van der Waals surface area contributed by atoms with Crippen LogP contribution < -0.4 is 5.32 Å². The lowest BCUT2D eigenvalue weighted by Crippen LogP contribution is -2.10. The summed E-state index contributed by atoms with van der Waals surface area (Å²) in [5.74, 6) is -1.43. The lowest BCUT2D eigenvalue weighted by molar-refractivity contribution is -0.111. The first-order valence-electron chi connectivity index (χ1n) is 6.16. The maximum absolute atomic E-state index is 11.8. The number of carbonyl (C=O) groups is 2. The summed E-state index contributed by atoms with van der Waals surface area (Å²) in [5.41, 5.74) is 1.55. The highest BCUT2D eigenvalue weighted by Crippen LogP contribution is 2.17. The van der Waals surface area contributed by atoms with Gasteiger partial charge in [0.2, 0.25) is 5.91 Å². The van der Waals surface area contributed by atoms with Gasteiger partial charge in [-0.2, -0.15) is 0 Å². The number of phenolic OH excluding ortho intramolecular Hbond substituents is 1. The molecule has 0 atom stereocenters. The van der Waals surface area contributed by atoms with Crippen LogP contribution in [0.1, 0.15) is 21.7 Å². The van der Waals surface area contributed by atoms with Gasteiger partial charge in [0.1, 0.15) is 11.4 Å². The van der Waals surface area contributed by atoms with E-state index in [-0.39, 0.29) is 17.1 Å². The SMILES string of the molecule is Cc1cc(NC(=O)/C=C/c2ccc(O)cc2)c(C(=O)O)[nH]1. The molecule has 6 heteroatoms. The number of benzene rings is 1. The van der Waals surface area contributed by atoms with E-state index in [0.29, 0.717) is 5.69 Å². The van der Waals surface area contributed by atoms with Gasteiger partial charge in [-0.25, -0.2) is 4.79 Å². The van der Waals surface area contributed by atoms with E-state index in [1.165, 1.54) is 18.2 Å². The summed E-state index contributed by atoms with van der Waals surface area (Å²) >= 11 is 0. The van der Waals surface area contributed by atoms with Crippen LogP contribution in [0.4, 0.5) is 5.69 Å². The maximum Gasteiger partial charge on any atom is 0.354 e. The third-order valence-electron chi connectivity index (χ3n) is 2.74. The quantitative estimate of drug-likeness (QED) is 0.648. The van der Waals surface area contributed by atoms with Crippen molar-refractivity contribution in [2.75, 3.05) is 5.32 Å². The van der Waals surface area contributed by atoms with Gasteiger partial charge >= 0.3 is 5.97 Å². The number of nitrogens with one attached hydrogen (secondary N) is 2. The molecule has 1 amide bonds. The van der Waals surface area contributed by atoms with Crippen molar-refractivity contribution in [3.63, 3.8) is 0 Å². The summed E-state index contributed by atoms with van der Waals surface area (Å²) in [7, 11) is 0. The first-order valence-corrected chi connectivity index (χ1v) is 6.16. The zero-order chi connectivity index (χ0) is 15.4. The molecule has 0 fully saturated rings. The van der Waals surface area contributed by atoms with Gasteiger partial charge in [0.15, 0.2) is 0 Å². The van der Waals surface area contributed by atoms with Gasteiger partial charge in [0.25, 0.3) is 0 Å². The second-order valence-corrected chi connectivity index (χ2v) is 4.46. The van der Waals surface area contributed by atoms with Crippen molar-refractivity contribution in [2.24, 2.45) is 0 Å². The largest absolute Gasteiger partial charge is 0.508 e. The van der Waals surface area contributed by atoms with Crippen molar-refractivity contribution < 1.29 is 19.8 Å². The number of phenols is 1. The van der Waals surface area contributed by atoms with E-state index in [4.69, 9.17) is 10.2 Å². The molecule has 0 bridgehead atoms. The highest BCUT2D eigenvalue weighted by atomic mass is 16.4. The highest BCUT2D eigenvalue weighted by molar-refractivity contribution is 6.05. The summed E-state index contributed by atoms with van der Waals surface area (Å²) in [5, 5.41) is 20.7. The minimum atomic E-state index is -1.14. The van der Waals surface area contributed by atoms with Gasteiger partial charge < -0.3 is 20.5 Å².